The number of carbonyl (C=O) groups is 1. The lowest BCUT2D eigenvalue weighted by atomic mass is 9.77. The van der Waals surface area contributed by atoms with Crippen LogP contribution in [-0.4, -0.2) is 20.0 Å². The molecule has 0 fully saturated rings. The highest BCUT2D eigenvalue weighted by Crippen LogP contribution is 2.47. The molecule has 1 aliphatic heterocycles. The molecule has 0 spiro atoms. The Morgan fingerprint density at radius 1 is 1.28 bits per heavy atom. The Kier molecular flexibility index (Phi) is 4.73. The van der Waals surface area contributed by atoms with Crippen LogP contribution >= 0.6 is 15.9 Å². The van der Waals surface area contributed by atoms with E-state index in [0.717, 1.165) is 0 Å². The van der Waals surface area contributed by atoms with Crippen molar-refractivity contribution in [1.29, 1.82) is 5.26 Å². The van der Waals surface area contributed by atoms with Gasteiger partial charge in [0, 0.05) is 30.0 Å². The number of benzene rings is 1. The fraction of sp³-hybridized carbons (Fsp3) is 0.333. The first kappa shape index (κ1) is 17.4. The van der Waals surface area contributed by atoms with Crippen LogP contribution in [0.4, 0.5) is 0 Å². The van der Waals surface area contributed by atoms with Crippen molar-refractivity contribution in [2.24, 2.45) is 5.73 Å². The van der Waals surface area contributed by atoms with E-state index in [2.05, 4.69) is 22.0 Å². The summed E-state index contributed by atoms with van der Waals surface area (Å²) in [6.45, 7) is 0. The van der Waals surface area contributed by atoms with E-state index in [1.807, 2.05) is 0 Å². The largest absolute Gasteiger partial charge is 0.496 e. The Morgan fingerprint density at radius 3 is 2.64 bits per heavy atom. The summed E-state index contributed by atoms with van der Waals surface area (Å²) in [5.41, 5.74) is 7.34. The smallest absolute Gasteiger partial charge is 0.205 e. The minimum absolute atomic E-state index is 0.0273. The Balaban J connectivity index is 2.26. The van der Waals surface area contributed by atoms with Crippen molar-refractivity contribution in [3.8, 4) is 17.6 Å². The van der Waals surface area contributed by atoms with Gasteiger partial charge in [0.05, 0.1) is 24.6 Å². The van der Waals surface area contributed by atoms with Crippen LogP contribution in [0.1, 0.15) is 30.7 Å². The number of nitrogens with two attached hydrogens (primary N) is 1. The molecule has 130 valence electrons. The van der Waals surface area contributed by atoms with E-state index in [1.165, 1.54) is 7.11 Å². The van der Waals surface area contributed by atoms with E-state index in [-0.39, 0.29) is 17.2 Å². The number of hydrogen-bond acceptors (Lipinski definition) is 6. The molecule has 0 saturated carbocycles. The molecule has 2 N–H and O–H groups in total. The van der Waals surface area contributed by atoms with Crippen LogP contribution in [0.2, 0.25) is 0 Å². The maximum absolute atomic E-state index is 12.6. The lowest BCUT2D eigenvalue weighted by molar-refractivity contribution is -0.116. The third-order valence-corrected chi connectivity index (χ3v) is 5.04. The summed E-state index contributed by atoms with van der Waals surface area (Å²) in [7, 11) is 3.08. The average molecular weight is 405 g/mol. The number of Topliss-reactive ketones (excluding diaryl/α,β-unsaturated/α-hetero) is 1. The van der Waals surface area contributed by atoms with Gasteiger partial charge in [-0.2, -0.15) is 5.26 Å². The number of ketones is 1. The van der Waals surface area contributed by atoms with Crippen molar-refractivity contribution in [2.45, 2.75) is 25.2 Å². The zero-order chi connectivity index (χ0) is 18.1. The van der Waals surface area contributed by atoms with Gasteiger partial charge in [-0.15, -0.1) is 0 Å². The van der Waals surface area contributed by atoms with E-state index >= 15 is 0 Å². The SMILES string of the molecule is COc1cc(OC)c([C@H]2C(C#N)=C(N)OC3=C2C(=O)CCC3)cc1Br. The molecule has 3 rings (SSSR count). The number of nitrogens with zero attached hydrogens (tertiary/aromatic N) is 1. The number of allylic oxidation sites excluding steroid dienone is 3. The topological polar surface area (TPSA) is 94.6 Å². The van der Waals surface area contributed by atoms with Gasteiger partial charge in [0.2, 0.25) is 5.88 Å². The summed E-state index contributed by atoms with van der Waals surface area (Å²) >= 11 is 3.45. The quantitative estimate of drug-likeness (QED) is 0.830. The number of nitriles is 1. The van der Waals surface area contributed by atoms with Gasteiger partial charge in [0.15, 0.2) is 5.78 Å². The van der Waals surface area contributed by atoms with E-state index in [4.69, 9.17) is 19.9 Å². The van der Waals surface area contributed by atoms with Crippen molar-refractivity contribution in [1.82, 2.24) is 0 Å². The number of ether oxygens (including phenoxy) is 3. The van der Waals surface area contributed by atoms with Crippen molar-refractivity contribution < 1.29 is 19.0 Å². The maximum Gasteiger partial charge on any atom is 0.205 e. The Labute approximate surface area is 154 Å². The Hall–Kier alpha value is -2.46. The molecule has 7 heteroatoms. The summed E-state index contributed by atoms with van der Waals surface area (Å²) in [5.74, 6) is 1.05. The second kappa shape index (κ2) is 6.81. The standard InChI is InChI=1S/C18H17BrN2O4/c1-23-14-7-15(24-2)11(19)6-9(14)16-10(8-20)18(21)25-13-5-3-4-12(22)17(13)16/h6-7,16H,3-5,21H2,1-2H3/t16-/m0/s1. The molecule has 25 heavy (non-hydrogen) atoms. The summed E-state index contributed by atoms with van der Waals surface area (Å²) < 4.78 is 17.1. The maximum atomic E-state index is 12.6. The molecule has 1 aromatic carbocycles. The number of halogens is 1. The predicted octanol–water partition coefficient (Wildman–Crippen LogP) is 3.28. The number of methoxy groups -OCH3 is 2. The Bertz CT molecular complexity index is 851. The van der Waals surface area contributed by atoms with Gasteiger partial charge in [-0.25, -0.2) is 0 Å². The van der Waals surface area contributed by atoms with Gasteiger partial charge in [0.25, 0.3) is 0 Å². The van der Waals surface area contributed by atoms with Crippen molar-refractivity contribution in [2.75, 3.05) is 14.2 Å². The fourth-order valence-corrected chi connectivity index (χ4v) is 3.80. The summed E-state index contributed by atoms with van der Waals surface area (Å²) in [6, 6.07) is 5.61. The Morgan fingerprint density at radius 2 is 2.00 bits per heavy atom. The minimum Gasteiger partial charge on any atom is -0.496 e. The molecule has 0 radical (unpaired) electrons. The van der Waals surface area contributed by atoms with Gasteiger partial charge in [-0.3, -0.25) is 4.79 Å². The lowest BCUT2D eigenvalue weighted by Crippen LogP contribution is -2.27. The molecule has 6 nitrogen and oxygen atoms in total. The molecule has 0 saturated heterocycles. The van der Waals surface area contributed by atoms with Crippen LogP contribution in [-0.2, 0) is 9.53 Å². The highest BCUT2D eigenvalue weighted by atomic mass is 79.9. The van der Waals surface area contributed by atoms with Crippen LogP contribution in [0.3, 0.4) is 0 Å². The van der Waals surface area contributed by atoms with Crippen molar-refractivity contribution in [3.63, 3.8) is 0 Å². The van der Waals surface area contributed by atoms with Gasteiger partial charge < -0.3 is 19.9 Å². The molecule has 0 unspecified atom stereocenters. The van der Waals surface area contributed by atoms with E-state index in [0.29, 0.717) is 52.1 Å². The monoisotopic (exact) mass is 404 g/mol. The van der Waals surface area contributed by atoms with E-state index in [9.17, 15) is 10.1 Å². The number of hydrogen-bond donors (Lipinski definition) is 1. The van der Waals surface area contributed by atoms with Gasteiger partial charge in [0.1, 0.15) is 28.9 Å². The molecule has 1 aromatic rings. The van der Waals surface area contributed by atoms with Crippen molar-refractivity contribution >= 4 is 21.7 Å². The molecular formula is C18H17BrN2O4. The minimum atomic E-state index is -0.612. The first-order valence-electron chi connectivity index (χ1n) is 7.77. The van der Waals surface area contributed by atoms with Crippen LogP contribution < -0.4 is 15.2 Å². The third kappa shape index (κ3) is 2.87. The molecule has 2 aliphatic rings. The highest BCUT2D eigenvalue weighted by Gasteiger charge is 2.39. The summed E-state index contributed by atoms with van der Waals surface area (Å²) in [6.07, 6.45) is 1.76. The van der Waals surface area contributed by atoms with Crippen molar-refractivity contribution in [3.05, 3.63) is 45.0 Å². The molecule has 1 heterocycles. The van der Waals surface area contributed by atoms with Crippen LogP contribution in [0.5, 0.6) is 11.5 Å². The molecule has 1 aliphatic carbocycles. The van der Waals surface area contributed by atoms with Crippen LogP contribution in [0.15, 0.2) is 39.4 Å². The molecule has 0 aromatic heterocycles. The van der Waals surface area contributed by atoms with Crippen LogP contribution in [0.25, 0.3) is 0 Å². The normalized spacial score (nSPS) is 19.9. The highest BCUT2D eigenvalue weighted by molar-refractivity contribution is 9.10. The second-order valence-electron chi connectivity index (χ2n) is 5.77. The summed E-state index contributed by atoms with van der Waals surface area (Å²) in [4.78, 5) is 12.6. The molecule has 0 amide bonds. The molecular weight excluding hydrogens is 388 g/mol. The molecule has 1 atom stereocenters. The molecule has 0 bridgehead atoms. The van der Waals surface area contributed by atoms with Gasteiger partial charge in [-0.05, 0) is 28.4 Å². The average Bonchev–Trinajstić information content (AvgIpc) is 2.60. The third-order valence-electron chi connectivity index (χ3n) is 4.42. The van der Waals surface area contributed by atoms with Gasteiger partial charge in [-0.1, -0.05) is 0 Å². The lowest BCUT2D eigenvalue weighted by Gasteiger charge is -2.31. The van der Waals surface area contributed by atoms with E-state index < -0.39 is 5.92 Å². The van der Waals surface area contributed by atoms with Crippen LogP contribution in [0, 0.1) is 11.3 Å². The first-order valence-corrected chi connectivity index (χ1v) is 8.56. The summed E-state index contributed by atoms with van der Waals surface area (Å²) in [5, 5.41) is 9.62. The zero-order valence-corrected chi connectivity index (χ0v) is 15.5. The van der Waals surface area contributed by atoms with E-state index in [1.54, 1.807) is 19.2 Å². The number of rotatable bonds is 3. The zero-order valence-electron chi connectivity index (χ0n) is 13.9. The predicted molar refractivity (Wildman–Crippen MR) is 93.8 cm³/mol. The second-order valence-corrected chi connectivity index (χ2v) is 6.62. The van der Waals surface area contributed by atoms with Gasteiger partial charge >= 0.3 is 0 Å². The first-order chi connectivity index (χ1) is 12.0. The fourth-order valence-electron chi connectivity index (χ4n) is 3.28. The number of carbonyl (C=O) groups excluding carboxylic acids is 1.